The number of ether oxygens (including phenoxy) is 1. The number of thiazole rings is 1. The summed E-state index contributed by atoms with van der Waals surface area (Å²) in [5, 5.41) is 12.5. The van der Waals surface area contributed by atoms with Crippen LogP contribution in [0.2, 0.25) is 5.02 Å². The molecule has 1 amide bonds. The number of amides is 1. The summed E-state index contributed by atoms with van der Waals surface area (Å²) in [6, 6.07) is 15.1. The minimum absolute atomic E-state index is 0.0637. The van der Waals surface area contributed by atoms with E-state index in [9.17, 15) is 14.7 Å². The number of anilines is 1. The Morgan fingerprint density at radius 2 is 1.93 bits per heavy atom. The van der Waals surface area contributed by atoms with E-state index in [0.717, 1.165) is 10.3 Å². The van der Waals surface area contributed by atoms with Crippen molar-refractivity contribution < 1.29 is 19.4 Å². The lowest BCUT2D eigenvalue weighted by Crippen LogP contribution is -2.29. The van der Waals surface area contributed by atoms with Crippen LogP contribution in [-0.2, 0) is 9.59 Å². The van der Waals surface area contributed by atoms with Crippen LogP contribution in [0, 0.1) is 13.8 Å². The van der Waals surface area contributed by atoms with E-state index in [1.54, 1.807) is 48.5 Å². The third-order valence-electron chi connectivity index (χ3n) is 6.86. The second-order valence-electron chi connectivity index (χ2n) is 9.38. The van der Waals surface area contributed by atoms with Gasteiger partial charge in [-0.25, -0.2) is 9.97 Å². The SMILES string of the molecule is C=CCOc1ccc(C2/C(=C(\O)c3nc4c(C)cccn4c3C)C(=O)C(=O)N2c2nc3ccc(Cl)cc3s2)cc1. The number of aliphatic hydroxyl groups excluding tert-OH is 1. The summed E-state index contributed by atoms with van der Waals surface area (Å²) in [6.07, 6.45) is 3.48. The number of Topliss-reactive ketones (excluding diaryl/α,β-unsaturated/α-hetero) is 1. The lowest BCUT2D eigenvalue weighted by atomic mass is 9.96. The molecule has 0 saturated carbocycles. The van der Waals surface area contributed by atoms with Crippen LogP contribution >= 0.6 is 22.9 Å². The highest BCUT2D eigenvalue weighted by molar-refractivity contribution is 7.22. The zero-order valence-electron chi connectivity index (χ0n) is 21.6. The molecule has 10 heteroatoms. The molecule has 40 heavy (non-hydrogen) atoms. The highest BCUT2D eigenvalue weighted by Gasteiger charge is 2.48. The molecule has 2 aromatic carbocycles. The van der Waals surface area contributed by atoms with Gasteiger partial charge < -0.3 is 14.2 Å². The van der Waals surface area contributed by atoms with Gasteiger partial charge in [-0.2, -0.15) is 0 Å². The van der Waals surface area contributed by atoms with E-state index in [-0.39, 0.29) is 17.0 Å². The molecule has 4 heterocycles. The fourth-order valence-corrected chi connectivity index (χ4v) is 6.18. The van der Waals surface area contributed by atoms with Crippen molar-refractivity contribution in [1.82, 2.24) is 14.4 Å². The third kappa shape index (κ3) is 4.14. The number of carbonyl (C=O) groups excluding carboxylic acids is 2. The average molecular weight is 571 g/mol. The van der Waals surface area contributed by atoms with Crippen molar-refractivity contribution in [3.8, 4) is 5.75 Å². The Morgan fingerprint density at radius 1 is 1.15 bits per heavy atom. The van der Waals surface area contributed by atoms with Gasteiger partial charge in [0, 0.05) is 11.2 Å². The van der Waals surface area contributed by atoms with E-state index in [2.05, 4.69) is 16.5 Å². The number of aromatic nitrogens is 3. The van der Waals surface area contributed by atoms with Crippen molar-refractivity contribution in [2.45, 2.75) is 19.9 Å². The molecule has 0 radical (unpaired) electrons. The molecule has 1 N–H and O–H groups in total. The van der Waals surface area contributed by atoms with E-state index in [0.29, 0.717) is 44.9 Å². The van der Waals surface area contributed by atoms with Crippen molar-refractivity contribution in [1.29, 1.82) is 0 Å². The van der Waals surface area contributed by atoms with E-state index < -0.39 is 17.7 Å². The van der Waals surface area contributed by atoms with Crippen LogP contribution in [0.3, 0.4) is 0 Å². The number of fused-ring (bicyclic) bond motifs is 2. The molecule has 5 aromatic rings. The van der Waals surface area contributed by atoms with Crippen LogP contribution in [0.4, 0.5) is 5.13 Å². The standard InChI is InChI=1S/C30H23ClN4O4S/c1-4-14-39-20-10-7-18(8-11-20)25-23(26(36)24-17(3)34-13-5-6-16(2)28(34)33-24)27(37)29(38)35(25)30-32-21-12-9-19(31)15-22(21)40-30/h4-13,15,25,36H,1,14H2,2-3H3/b26-23+. The quantitative estimate of drug-likeness (QED) is 0.110. The topological polar surface area (TPSA) is 97.0 Å². The maximum Gasteiger partial charge on any atom is 0.301 e. The molecular formula is C30H23ClN4O4S. The predicted octanol–water partition coefficient (Wildman–Crippen LogP) is 6.41. The largest absolute Gasteiger partial charge is 0.505 e. The lowest BCUT2D eigenvalue weighted by Gasteiger charge is -2.23. The fraction of sp³-hybridized carbons (Fsp3) is 0.133. The third-order valence-corrected chi connectivity index (χ3v) is 8.11. The molecule has 1 unspecified atom stereocenters. The predicted molar refractivity (Wildman–Crippen MR) is 156 cm³/mol. The number of benzene rings is 2. The number of carbonyl (C=O) groups is 2. The van der Waals surface area contributed by atoms with Crippen LogP contribution in [0.15, 0.2) is 79.0 Å². The second kappa shape index (κ2) is 9.93. The molecule has 1 fully saturated rings. The van der Waals surface area contributed by atoms with Crippen LogP contribution in [0.5, 0.6) is 5.75 Å². The Bertz CT molecular complexity index is 1870. The number of aryl methyl sites for hydroxylation is 2. The highest BCUT2D eigenvalue weighted by Crippen LogP contribution is 2.45. The Morgan fingerprint density at radius 3 is 2.65 bits per heavy atom. The van der Waals surface area contributed by atoms with Gasteiger partial charge in [-0.3, -0.25) is 14.5 Å². The van der Waals surface area contributed by atoms with Crippen LogP contribution < -0.4 is 9.64 Å². The Hall–Kier alpha value is -4.47. The van der Waals surface area contributed by atoms with Crippen LogP contribution in [0.25, 0.3) is 21.6 Å². The summed E-state index contributed by atoms with van der Waals surface area (Å²) < 4.78 is 8.23. The van der Waals surface area contributed by atoms with Gasteiger partial charge in [-0.15, -0.1) is 0 Å². The fourth-order valence-electron chi connectivity index (χ4n) is 4.91. The van der Waals surface area contributed by atoms with Crippen molar-refractivity contribution in [3.05, 3.63) is 107 Å². The Kier molecular flexibility index (Phi) is 6.40. The molecule has 1 aliphatic heterocycles. The van der Waals surface area contributed by atoms with E-state index in [1.807, 2.05) is 36.6 Å². The molecule has 200 valence electrons. The van der Waals surface area contributed by atoms with Gasteiger partial charge in [0.2, 0.25) is 0 Å². The molecule has 1 saturated heterocycles. The maximum atomic E-state index is 13.6. The Balaban J connectivity index is 1.56. The number of ketones is 1. The monoisotopic (exact) mass is 570 g/mol. The Labute approximate surface area is 238 Å². The average Bonchev–Trinajstić information content (AvgIpc) is 3.60. The first-order valence-corrected chi connectivity index (χ1v) is 13.6. The number of imidazole rings is 1. The van der Waals surface area contributed by atoms with Gasteiger partial charge in [-0.05, 0) is 61.4 Å². The van der Waals surface area contributed by atoms with Gasteiger partial charge in [0.1, 0.15) is 23.7 Å². The normalized spacial score (nSPS) is 16.8. The van der Waals surface area contributed by atoms with Gasteiger partial charge in [0.25, 0.3) is 5.78 Å². The molecule has 0 aliphatic carbocycles. The molecule has 0 bridgehead atoms. The highest BCUT2D eigenvalue weighted by atomic mass is 35.5. The van der Waals surface area contributed by atoms with Crippen molar-refractivity contribution >= 4 is 61.4 Å². The summed E-state index contributed by atoms with van der Waals surface area (Å²) >= 11 is 7.43. The first kappa shape index (κ1) is 25.8. The summed E-state index contributed by atoms with van der Waals surface area (Å²) in [5.41, 5.74) is 3.62. The first-order valence-electron chi connectivity index (χ1n) is 12.4. The zero-order valence-corrected chi connectivity index (χ0v) is 23.2. The number of nitrogens with zero attached hydrogens (tertiary/aromatic N) is 4. The van der Waals surface area contributed by atoms with E-state index in [1.165, 1.54) is 16.2 Å². The number of halogens is 1. The first-order chi connectivity index (χ1) is 19.3. The van der Waals surface area contributed by atoms with Gasteiger partial charge in [0.05, 0.1) is 27.5 Å². The van der Waals surface area contributed by atoms with Gasteiger partial charge >= 0.3 is 5.91 Å². The summed E-state index contributed by atoms with van der Waals surface area (Å²) in [5.74, 6) is -1.36. The van der Waals surface area contributed by atoms with Crippen molar-refractivity contribution in [2.75, 3.05) is 11.5 Å². The minimum atomic E-state index is -0.949. The summed E-state index contributed by atoms with van der Waals surface area (Å²) in [4.78, 5) is 37.9. The number of aliphatic hydroxyl groups is 1. The van der Waals surface area contributed by atoms with Gasteiger partial charge in [-0.1, -0.05) is 53.8 Å². The number of hydrogen-bond acceptors (Lipinski definition) is 7. The van der Waals surface area contributed by atoms with E-state index >= 15 is 0 Å². The summed E-state index contributed by atoms with van der Waals surface area (Å²) in [7, 11) is 0. The van der Waals surface area contributed by atoms with Crippen LogP contribution in [-0.4, -0.2) is 37.8 Å². The second-order valence-corrected chi connectivity index (χ2v) is 10.8. The maximum absolute atomic E-state index is 13.6. The minimum Gasteiger partial charge on any atom is -0.505 e. The molecule has 6 rings (SSSR count). The molecule has 0 spiro atoms. The molecular weight excluding hydrogens is 548 g/mol. The molecule has 1 aliphatic rings. The summed E-state index contributed by atoms with van der Waals surface area (Å²) in [6.45, 7) is 7.72. The molecule has 8 nitrogen and oxygen atoms in total. The number of pyridine rings is 1. The molecule has 3 aromatic heterocycles. The number of hydrogen-bond donors (Lipinski definition) is 1. The lowest BCUT2D eigenvalue weighted by molar-refractivity contribution is -0.132. The van der Waals surface area contributed by atoms with Crippen LogP contribution in [0.1, 0.15) is 28.6 Å². The van der Waals surface area contributed by atoms with E-state index in [4.69, 9.17) is 16.3 Å². The zero-order chi connectivity index (χ0) is 28.1. The van der Waals surface area contributed by atoms with Crippen molar-refractivity contribution in [2.24, 2.45) is 0 Å². The number of rotatable bonds is 6. The smallest absolute Gasteiger partial charge is 0.301 e. The van der Waals surface area contributed by atoms with Crippen molar-refractivity contribution in [3.63, 3.8) is 0 Å². The molecule has 1 atom stereocenters. The van der Waals surface area contributed by atoms with Gasteiger partial charge in [0.15, 0.2) is 10.9 Å².